The van der Waals surface area contributed by atoms with E-state index in [9.17, 15) is 0 Å². The number of rotatable bonds is 7. The molecule has 0 radical (unpaired) electrons. The topological polar surface area (TPSA) is 40.2 Å². The van der Waals surface area contributed by atoms with Crippen molar-refractivity contribution in [2.75, 3.05) is 41.5 Å². The molecule has 0 spiro atoms. The Morgan fingerprint density at radius 3 is 1.77 bits per heavy atom. The Labute approximate surface area is 155 Å². The number of nitrogens with zero attached hydrogens (tertiary/aromatic N) is 1. The van der Waals surface area contributed by atoms with Crippen LogP contribution in [-0.4, -0.2) is 46.4 Å². The van der Waals surface area contributed by atoms with Gasteiger partial charge in [-0.1, -0.05) is 12.1 Å². The van der Waals surface area contributed by atoms with Crippen molar-refractivity contribution in [2.24, 2.45) is 0 Å². The fourth-order valence-corrected chi connectivity index (χ4v) is 3.66. The zero-order valence-electron chi connectivity index (χ0n) is 16.0. The second-order valence-corrected chi connectivity index (χ2v) is 6.38. The van der Waals surface area contributed by atoms with Gasteiger partial charge in [-0.15, -0.1) is 0 Å². The van der Waals surface area contributed by atoms with Gasteiger partial charge in [0.2, 0.25) is 5.75 Å². The van der Waals surface area contributed by atoms with Gasteiger partial charge in [-0.2, -0.15) is 0 Å². The summed E-state index contributed by atoms with van der Waals surface area (Å²) in [6, 6.07) is 12.5. The zero-order valence-corrected chi connectivity index (χ0v) is 16.0. The Balaban J connectivity index is 2.09. The van der Waals surface area contributed by atoms with Crippen molar-refractivity contribution in [3.63, 3.8) is 0 Å². The summed E-state index contributed by atoms with van der Waals surface area (Å²) in [7, 11) is 6.62. The molecule has 1 aliphatic rings. The highest BCUT2D eigenvalue weighted by Crippen LogP contribution is 2.42. The van der Waals surface area contributed by atoms with Crippen LogP contribution in [0.1, 0.15) is 30.0 Å². The second kappa shape index (κ2) is 8.32. The molecule has 1 unspecified atom stereocenters. The van der Waals surface area contributed by atoms with Crippen LogP contribution in [0.4, 0.5) is 0 Å². The van der Waals surface area contributed by atoms with E-state index in [2.05, 4.69) is 29.2 Å². The lowest BCUT2D eigenvalue weighted by Crippen LogP contribution is -2.26. The molecule has 2 aromatic carbocycles. The molecule has 0 amide bonds. The molecule has 0 saturated carbocycles. The van der Waals surface area contributed by atoms with Gasteiger partial charge in [-0.3, -0.25) is 4.90 Å². The minimum Gasteiger partial charge on any atom is -0.497 e. The maximum absolute atomic E-state index is 5.56. The predicted octanol–water partition coefficient (Wildman–Crippen LogP) is 3.91. The number of benzene rings is 2. The lowest BCUT2D eigenvalue weighted by Gasteiger charge is -2.29. The second-order valence-electron chi connectivity index (χ2n) is 6.38. The van der Waals surface area contributed by atoms with Crippen LogP contribution in [0, 0.1) is 0 Å². The molecule has 1 aliphatic heterocycles. The van der Waals surface area contributed by atoms with Gasteiger partial charge in [0.05, 0.1) is 34.5 Å². The molecule has 0 aromatic heterocycles. The molecule has 0 N–H and O–H groups in total. The van der Waals surface area contributed by atoms with Gasteiger partial charge < -0.3 is 18.9 Å². The summed E-state index contributed by atoms with van der Waals surface area (Å²) in [6.45, 7) is 2.15. The standard InChI is InChI=1S/C21H27NO4/c1-23-17-9-7-15(8-10-17)20(22-11-5-6-12-22)16-13-18(24-2)21(26-4)19(14-16)25-3/h7-10,13-14,20H,5-6,11-12H2,1-4H3. The number of hydrogen-bond donors (Lipinski definition) is 0. The normalized spacial score (nSPS) is 15.5. The smallest absolute Gasteiger partial charge is 0.203 e. The highest BCUT2D eigenvalue weighted by molar-refractivity contribution is 5.55. The Morgan fingerprint density at radius 2 is 1.31 bits per heavy atom. The Kier molecular flexibility index (Phi) is 5.89. The van der Waals surface area contributed by atoms with Crippen LogP contribution in [0.3, 0.4) is 0 Å². The van der Waals surface area contributed by atoms with Crippen molar-refractivity contribution in [2.45, 2.75) is 18.9 Å². The average molecular weight is 357 g/mol. The Bertz CT molecular complexity index is 698. The van der Waals surface area contributed by atoms with E-state index in [0.29, 0.717) is 17.2 Å². The lowest BCUT2D eigenvalue weighted by molar-refractivity contribution is 0.277. The van der Waals surface area contributed by atoms with Gasteiger partial charge in [0.1, 0.15) is 5.75 Å². The Morgan fingerprint density at radius 1 is 0.731 bits per heavy atom. The average Bonchev–Trinajstić information content (AvgIpc) is 3.22. The summed E-state index contributed by atoms with van der Waals surface area (Å²) < 4.78 is 21.9. The van der Waals surface area contributed by atoms with Gasteiger partial charge in [-0.25, -0.2) is 0 Å². The van der Waals surface area contributed by atoms with Crippen molar-refractivity contribution in [3.8, 4) is 23.0 Å². The highest BCUT2D eigenvalue weighted by atomic mass is 16.5. The van der Waals surface area contributed by atoms with Crippen LogP contribution in [0.15, 0.2) is 36.4 Å². The zero-order chi connectivity index (χ0) is 18.5. The predicted molar refractivity (Wildman–Crippen MR) is 102 cm³/mol. The minimum atomic E-state index is 0.136. The first-order chi connectivity index (χ1) is 12.7. The van der Waals surface area contributed by atoms with Crippen molar-refractivity contribution in [1.29, 1.82) is 0 Å². The van der Waals surface area contributed by atoms with E-state index in [0.717, 1.165) is 24.4 Å². The van der Waals surface area contributed by atoms with Gasteiger partial charge in [0.15, 0.2) is 11.5 Å². The molecular formula is C21H27NO4. The van der Waals surface area contributed by atoms with E-state index >= 15 is 0 Å². The van der Waals surface area contributed by atoms with Crippen molar-refractivity contribution >= 4 is 0 Å². The molecular weight excluding hydrogens is 330 g/mol. The van der Waals surface area contributed by atoms with Crippen LogP contribution in [0.2, 0.25) is 0 Å². The molecule has 5 heteroatoms. The fraction of sp³-hybridized carbons (Fsp3) is 0.429. The quantitative estimate of drug-likeness (QED) is 0.751. The van der Waals surface area contributed by atoms with Crippen LogP contribution >= 0.6 is 0 Å². The first-order valence-electron chi connectivity index (χ1n) is 8.89. The van der Waals surface area contributed by atoms with Gasteiger partial charge in [-0.05, 0) is 61.3 Å². The molecule has 1 fully saturated rings. The van der Waals surface area contributed by atoms with Crippen LogP contribution in [0.5, 0.6) is 23.0 Å². The molecule has 0 aliphatic carbocycles. The molecule has 1 heterocycles. The number of ether oxygens (including phenoxy) is 4. The van der Waals surface area contributed by atoms with Crippen LogP contribution in [0.25, 0.3) is 0 Å². The van der Waals surface area contributed by atoms with Crippen LogP contribution < -0.4 is 18.9 Å². The van der Waals surface area contributed by atoms with Crippen molar-refractivity contribution in [3.05, 3.63) is 47.5 Å². The van der Waals surface area contributed by atoms with Crippen molar-refractivity contribution in [1.82, 2.24) is 4.90 Å². The van der Waals surface area contributed by atoms with Crippen molar-refractivity contribution < 1.29 is 18.9 Å². The maximum atomic E-state index is 5.56. The maximum Gasteiger partial charge on any atom is 0.203 e. The summed E-state index contributed by atoms with van der Waals surface area (Å²) in [6.07, 6.45) is 2.44. The first-order valence-corrected chi connectivity index (χ1v) is 8.89. The summed E-state index contributed by atoms with van der Waals surface area (Å²) >= 11 is 0. The molecule has 1 atom stereocenters. The molecule has 0 bridgehead atoms. The minimum absolute atomic E-state index is 0.136. The van der Waals surface area contributed by atoms with Gasteiger partial charge in [0, 0.05) is 0 Å². The summed E-state index contributed by atoms with van der Waals surface area (Å²) in [5.74, 6) is 2.84. The number of likely N-dealkylation sites (tertiary alicyclic amines) is 1. The molecule has 5 nitrogen and oxygen atoms in total. The molecule has 3 rings (SSSR count). The molecule has 26 heavy (non-hydrogen) atoms. The Hall–Kier alpha value is -2.40. The van der Waals surface area contributed by atoms with E-state index in [1.807, 2.05) is 12.1 Å². The molecule has 2 aromatic rings. The SMILES string of the molecule is COc1ccc(C(c2cc(OC)c(OC)c(OC)c2)N2CCCC2)cc1. The van der Waals surface area contributed by atoms with E-state index in [4.69, 9.17) is 18.9 Å². The largest absolute Gasteiger partial charge is 0.497 e. The van der Waals surface area contributed by atoms with E-state index < -0.39 is 0 Å². The summed E-state index contributed by atoms with van der Waals surface area (Å²) in [4.78, 5) is 2.50. The van der Waals surface area contributed by atoms with Crippen LogP contribution in [-0.2, 0) is 0 Å². The fourth-order valence-electron chi connectivity index (χ4n) is 3.66. The highest BCUT2D eigenvalue weighted by Gasteiger charge is 2.27. The summed E-state index contributed by atoms with van der Waals surface area (Å²) in [5, 5.41) is 0. The lowest BCUT2D eigenvalue weighted by atomic mass is 9.96. The third-order valence-corrected chi connectivity index (χ3v) is 4.94. The number of hydrogen-bond acceptors (Lipinski definition) is 5. The monoisotopic (exact) mass is 357 g/mol. The van der Waals surface area contributed by atoms with E-state index in [1.54, 1.807) is 28.4 Å². The third kappa shape index (κ3) is 3.58. The van der Waals surface area contributed by atoms with E-state index in [1.165, 1.54) is 18.4 Å². The molecule has 140 valence electrons. The van der Waals surface area contributed by atoms with E-state index in [-0.39, 0.29) is 6.04 Å². The third-order valence-electron chi connectivity index (χ3n) is 4.94. The number of methoxy groups -OCH3 is 4. The summed E-state index contributed by atoms with van der Waals surface area (Å²) in [5.41, 5.74) is 2.36. The molecule has 1 saturated heterocycles. The van der Waals surface area contributed by atoms with Gasteiger partial charge >= 0.3 is 0 Å². The van der Waals surface area contributed by atoms with Gasteiger partial charge in [0.25, 0.3) is 0 Å². The first kappa shape index (κ1) is 18.4.